The first kappa shape index (κ1) is 20.3. The number of rotatable bonds is 4. The molecule has 0 saturated heterocycles. The standard InChI is InChI=1S/C23H40/c1-11-18(20(12-2)21(5,6)7)19-15-14-16-23(13-3,17(19)4)22(8,9)10/h12H,2,11,13-16H2,1,3-10H3/b20-18+. The van der Waals surface area contributed by atoms with E-state index >= 15 is 0 Å². The summed E-state index contributed by atoms with van der Waals surface area (Å²) in [5, 5.41) is 0. The fourth-order valence-electron chi connectivity index (χ4n) is 4.97. The number of hydrogen-bond donors (Lipinski definition) is 0. The molecule has 1 rings (SSSR count). The normalized spacial score (nSPS) is 24.6. The lowest BCUT2D eigenvalue weighted by Gasteiger charge is -2.50. The predicted molar refractivity (Wildman–Crippen MR) is 106 cm³/mol. The van der Waals surface area contributed by atoms with Gasteiger partial charge in [-0.15, -0.1) is 0 Å². The van der Waals surface area contributed by atoms with Crippen molar-refractivity contribution in [1.82, 2.24) is 0 Å². The Bertz CT molecular complexity index is 499. The molecule has 0 aliphatic heterocycles. The molecule has 0 radical (unpaired) electrons. The van der Waals surface area contributed by atoms with Gasteiger partial charge in [-0.2, -0.15) is 0 Å². The number of hydrogen-bond acceptors (Lipinski definition) is 0. The van der Waals surface area contributed by atoms with Crippen molar-refractivity contribution in [1.29, 1.82) is 0 Å². The van der Waals surface area contributed by atoms with Gasteiger partial charge < -0.3 is 0 Å². The topological polar surface area (TPSA) is 0 Å². The van der Waals surface area contributed by atoms with E-state index < -0.39 is 0 Å². The summed E-state index contributed by atoms with van der Waals surface area (Å²) in [6, 6.07) is 0. The molecule has 132 valence electrons. The van der Waals surface area contributed by atoms with E-state index in [4.69, 9.17) is 0 Å². The lowest BCUT2D eigenvalue weighted by Crippen LogP contribution is -2.39. The summed E-state index contributed by atoms with van der Waals surface area (Å²) in [5.74, 6) is 0. The van der Waals surface area contributed by atoms with Crippen LogP contribution in [-0.4, -0.2) is 0 Å². The summed E-state index contributed by atoms with van der Waals surface area (Å²) in [5.41, 5.74) is 7.10. The summed E-state index contributed by atoms with van der Waals surface area (Å²) in [7, 11) is 0. The van der Waals surface area contributed by atoms with Crippen LogP contribution in [0.2, 0.25) is 0 Å². The molecule has 0 amide bonds. The molecule has 0 bridgehead atoms. The van der Waals surface area contributed by atoms with E-state index in [1.807, 2.05) is 0 Å². The van der Waals surface area contributed by atoms with Gasteiger partial charge in [-0.05, 0) is 72.0 Å². The Hall–Kier alpha value is -0.780. The molecule has 0 N–H and O–H groups in total. The SMILES string of the molecule is C=C/C(=C(/CC)C1=C(C)C(CC)(C(C)(C)C)CCC1)C(C)(C)C. The second-order valence-electron chi connectivity index (χ2n) is 9.34. The second kappa shape index (κ2) is 6.99. The van der Waals surface area contributed by atoms with E-state index in [1.165, 1.54) is 31.3 Å². The molecule has 0 heteroatoms. The summed E-state index contributed by atoms with van der Waals surface area (Å²) in [6.45, 7) is 25.5. The summed E-state index contributed by atoms with van der Waals surface area (Å²) in [4.78, 5) is 0. The van der Waals surface area contributed by atoms with Crippen LogP contribution in [-0.2, 0) is 0 Å². The minimum atomic E-state index is 0.161. The maximum atomic E-state index is 4.14. The van der Waals surface area contributed by atoms with Crippen LogP contribution in [0.3, 0.4) is 0 Å². The summed E-state index contributed by atoms with van der Waals surface area (Å²) < 4.78 is 0. The van der Waals surface area contributed by atoms with E-state index in [1.54, 1.807) is 16.7 Å². The van der Waals surface area contributed by atoms with Gasteiger partial charge in [0.05, 0.1) is 0 Å². The van der Waals surface area contributed by atoms with Crippen LogP contribution < -0.4 is 0 Å². The zero-order valence-electron chi connectivity index (χ0n) is 17.3. The van der Waals surface area contributed by atoms with Gasteiger partial charge in [-0.1, -0.05) is 73.6 Å². The molecule has 0 aromatic heterocycles. The third-order valence-electron chi connectivity index (χ3n) is 6.30. The largest absolute Gasteiger partial charge is 0.0988 e. The van der Waals surface area contributed by atoms with Crippen LogP contribution in [0.4, 0.5) is 0 Å². The van der Waals surface area contributed by atoms with Crippen LogP contribution >= 0.6 is 0 Å². The molecule has 23 heavy (non-hydrogen) atoms. The minimum Gasteiger partial charge on any atom is -0.0988 e. The molecular weight excluding hydrogens is 276 g/mol. The van der Waals surface area contributed by atoms with Crippen LogP contribution in [0.5, 0.6) is 0 Å². The minimum absolute atomic E-state index is 0.161. The highest BCUT2D eigenvalue weighted by Crippen LogP contribution is 2.56. The summed E-state index contributed by atoms with van der Waals surface area (Å²) in [6.07, 6.45) is 8.34. The Kier molecular flexibility index (Phi) is 6.16. The average Bonchev–Trinajstić information content (AvgIpc) is 2.42. The quantitative estimate of drug-likeness (QED) is 0.463. The lowest BCUT2D eigenvalue weighted by molar-refractivity contribution is 0.100. The first-order valence-electron chi connectivity index (χ1n) is 9.53. The molecule has 0 aromatic carbocycles. The molecule has 0 fully saturated rings. The highest BCUT2D eigenvalue weighted by molar-refractivity contribution is 5.47. The van der Waals surface area contributed by atoms with Crippen molar-refractivity contribution in [3.63, 3.8) is 0 Å². The van der Waals surface area contributed by atoms with Crippen LogP contribution in [0.25, 0.3) is 0 Å². The van der Waals surface area contributed by atoms with Gasteiger partial charge in [-0.3, -0.25) is 0 Å². The Morgan fingerprint density at radius 2 is 1.70 bits per heavy atom. The first-order valence-corrected chi connectivity index (χ1v) is 9.53. The predicted octanol–water partition coefficient (Wildman–Crippen LogP) is 7.87. The Labute approximate surface area is 146 Å². The molecule has 1 unspecified atom stereocenters. The number of allylic oxidation sites excluding steroid dienone is 5. The molecular formula is C23H40. The second-order valence-corrected chi connectivity index (χ2v) is 9.34. The summed E-state index contributed by atoms with van der Waals surface area (Å²) >= 11 is 0. The maximum absolute atomic E-state index is 4.14. The molecule has 1 aliphatic rings. The van der Waals surface area contributed by atoms with Gasteiger partial charge in [0, 0.05) is 0 Å². The van der Waals surface area contributed by atoms with Gasteiger partial charge in [-0.25, -0.2) is 0 Å². The van der Waals surface area contributed by atoms with Gasteiger partial charge in [0.25, 0.3) is 0 Å². The molecule has 0 heterocycles. The fraction of sp³-hybridized carbons (Fsp3) is 0.739. The van der Waals surface area contributed by atoms with Crippen LogP contribution in [0, 0.1) is 16.2 Å². The van der Waals surface area contributed by atoms with Crippen molar-refractivity contribution in [3.05, 3.63) is 34.9 Å². The van der Waals surface area contributed by atoms with E-state index in [9.17, 15) is 0 Å². The highest BCUT2D eigenvalue weighted by atomic mass is 14.5. The monoisotopic (exact) mass is 316 g/mol. The van der Waals surface area contributed by atoms with Gasteiger partial charge in [0.15, 0.2) is 0 Å². The van der Waals surface area contributed by atoms with E-state index in [-0.39, 0.29) is 5.41 Å². The van der Waals surface area contributed by atoms with Crippen LogP contribution in [0.15, 0.2) is 34.9 Å². The Morgan fingerprint density at radius 1 is 1.13 bits per heavy atom. The van der Waals surface area contributed by atoms with Crippen molar-refractivity contribution >= 4 is 0 Å². The van der Waals surface area contributed by atoms with Crippen molar-refractivity contribution < 1.29 is 0 Å². The van der Waals surface area contributed by atoms with Crippen molar-refractivity contribution in [2.75, 3.05) is 0 Å². The van der Waals surface area contributed by atoms with E-state index in [0.29, 0.717) is 10.8 Å². The molecule has 1 atom stereocenters. The van der Waals surface area contributed by atoms with Gasteiger partial charge >= 0.3 is 0 Å². The van der Waals surface area contributed by atoms with Crippen molar-refractivity contribution in [2.45, 2.75) is 94.4 Å². The van der Waals surface area contributed by atoms with Gasteiger partial charge in [0.2, 0.25) is 0 Å². The van der Waals surface area contributed by atoms with E-state index in [2.05, 4.69) is 75.0 Å². The lowest BCUT2D eigenvalue weighted by atomic mass is 9.55. The Balaban J connectivity index is 3.67. The van der Waals surface area contributed by atoms with Gasteiger partial charge in [0.1, 0.15) is 0 Å². The van der Waals surface area contributed by atoms with E-state index in [0.717, 1.165) is 6.42 Å². The van der Waals surface area contributed by atoms with Crippen molar-refractivity contribution in [2.24, 2.45) is 16.2 Å². The fourth-order valence-corrected chi connectivity index (χ4v) is 4.97. The first-order chi connectivity index (χ1) is 10.5. The Morgan fingerprint density at radius 3 is 2.04 bits per heavy atom. The zero-order chi connectivity index (χ0) is 18.1. The zero-order valence-corrected chi connectivity index (χ0v) is 17.3. The third kappa shape index (κ3) is 3.67. The molecule has 0 nitrogen and oxygen atoms in total. The molecule has 0 spiro atoms. The average molecular weight is 317 g/mol. The molecule has 0 saturated carbocycles. The van der Waals surface area contributed by atoms with Crippen LogP contribution in [0.1, 0.15) is 94.4 Å². The maximum Gasteiger partial charge on any atom is -0.00390 e. The molecule has 1 aliphatic carbocycles. The van der Waals surface area contributed by atoms with Crippen molar-refractivity contribution in [3.8, 4) is 0 Å². The molecule has 0 aromatic rings. The highest BCUT2D eigenvalue weighted by Gasteiger charge is 2.44. The third-order valence-corrected chi connectivity index (χ3v) is 6.30. The smallest absolute Gasteiger partial charge is 0.00390 e.